The first-order valence-electron chi connectivity index (χ1n) is 16.8. The Morgan fingerprint density at radius 2 is 1.59 bits per heavy atom. The molecule has 0 radical (unpaired) electrons. The lowest BCUT2D eigenvalue weighted by Crippen LogP contribution is -2.31. The van der Waals surface area contributed by atoms with E-state index in [0.717, 1.165) is 41.9 Å². The Morgan fingerprint density at radius 3 is 2.20 bits per heavy atom. The Balaban J connectivity index is 0.000000696. The number of benzene rings is 2. The van der Waals surface area contributed by atoms with Crippen LogP contribution < -0.4 is 0 Å². The first-order valence-corrected chi connectivity index (χ1v) is 16.8. The Labute approximate surface area is 250 Å². The molecule has 2 N–H and O–H groups in total. The van der Waals surface area contributed by atoms with Crippen LogP contribution in [0.4, 0.5) is 0 Å². The van der Waals surface area contributed by atoms with Crippen molar-refractivity contribution >= 4 is 16.7 Å². The van der Waals surface area contributed by atoms with Crippen molar-refractivity contribution in [3.05, 3.63) is 59.7 Å². The lowest BCUT2D eigenvalue weighted by atomic mass is 9.63. The van der Waals surface area contributed by atoms with Crippen molar-refractivity contribution in [3.63, 3.8) is 0 Å². The first kappa shape index (κ1) is 33.4. The lowest BCUT2D eigenvalue weighted by Gasteiger charge is -2.43. The second kappa shape index (κ2) is 17.1. The molecule has 2 fully saturated rings. The molecule has 228 valence electrons. The molecule has 0 saturated heterocycles. The summed E-state index contributed by atoms with van der Waals surface area (Å²) in [4.78, 5) is 9.60. The topological polar surface area (TPSA) is 57.5 Å². The summed E-state index contributed by atoms with van der Waals surface area (Å²) >= 11 is 0. The fourth-order valence-corrected chi connectivity index (χ4v) is 7.92. The van der Waals surface area contributed by atoms with E-state index in [9.17, 15) is 9.90 Å². The van der Waals surface area contributed by atoms with Gasteiger partial charge < -0.3 is 10.2 Å². The highest BCUT2D eigenvalue weighted by Crippen LogP contribution is 2.49. The number of aliphatic hydroxyl groups is 1. The van der Waals surface area contributed by atoms with E-state index < -0.39 is 5.97 Å². The number of hydrogen-bond acceptors (Lipinski definition) is 2. The summed E-state index contributed by atoms with van der Waals surface area (Å²) < 4.78 is 0. The minimum absolute atomic E-state index is 0.176. The summed E-state index contributed by atoms with van der Waals surface area (Å²) in [7, 11) is 0. The molecule has 2 aliphatic rings. The van der Waals surface area contributed by atoms with Gasteiger partial charge in [0, 0.05) is 12.2 Å². The quantitative estimate of drug-likeness (QED) is 0.200. The number of aliphatic carboxylic acids is 1. The van der Waals surface area contributed by atoms with E-state index in [0.29, 0.717) is 6.61 Å². The molecule has 2 saturated carbocycles. The minimum Gasteiger partial charge on any atom is -0.478 e. The van der Waals surface area contributed by atoms with Crippen molar-refractivity contribution < 1.29 is 15.0 Å². The van der Waals surface area contributed by atoms with Crippen LogP contribution in [0, 0.1) is 29.6 Å². The summed E-state index contributed by atoms with van der Waals surface area (Å²) in [6, 6.07) is 14.6. The number of carboxylic acids is 1. The summed E-state index contributed by atoms with van der Waals surface area (Å²) in [5.74, 6) is 4.17. The van der Waals surface area contributed by atoms with Gasteiger partial charge in [-0.15, -0.1) is 0 Å². The summed E-state index contributed by atoms with van der Waals surface area (Å²) in [5.41, 5.74) is 3.28. The van der Waals surface area contributed by atoms with Crippen LogP contribution in [-0.4, -0.2) is 22.8 Å². The smallest absolute Gasteiger partial charge is 0.330 e. The van der Waals surface area contributed by atoms with E-state index in [4.69, 9.17) is 5.11 Å². The van der Waals surface area contributed by atoms with Crippen LogP contribution in [0.2, 0.25) is 0 Å². The second-order valence-corrected chi connectivity index (χ2v) is 13.2. The third kappa shape index (κ3) is 9.70. The highest BCUT2D eigenvalue weighted by Gasteiger charge is 2.36. The van der Waals surface area contributed by atoms with Gasteiger partial charge in [-0.2, -0.15) is 0 Å². The van der Waals surface area contributed by atoms with Crippen LogP contribution in [0.15, 0.2) is 48.6 Å². The Kier molecular flexibility index (Phi) is 13.9. The van der Waals surface area contributed by atoms with Gasteiger partial charge in [0.05, 0.1) is 0 Å². The number of rotatable bonds is 12. The predicted molar refractivity (Wildman–Crippen MR) is 174 cm³/mol. The van der Waals surface area contributed by atoms with Crippen LogP contribution in [0.1, 0.15) is 128 Å². The standard InChI is InChI=1S/C34H52O.C4H6O2/c1-4-7-8-9-25-10-11-32-24-33(17-16-30(32)22-25)34-19-18-31(23-27(34)6-3)29-14-12-28(13-15-29)26(5-2)20-21-35;1-3(2)4(5)6/h10-11,16-17,22,24,26-29,31,34-35H,4-9,12-15,18-21,23H2,1-3H3;1H2,2H3,(H,5,6). The number of aliphatic hydroxyl groups excluding tert-OH is 1. The first-order chi connectivity index (χ1) is 19.8. The van der Waals surface area contributed by atoms with Gasteiger partial charge in [0.2, 0.25) is 0 Å². The number of carboxylic acid groups (broad SMARTS) is 1. The predicted octanol–water partition coefficient (Wildman–Crippen LogP) is 10.3. The summed E-state index contributed by atoms with van der Waals surface area (Å²) in [5, 5.41) is 20.2. The van der Waals surface area contributed by atoms with Crippen molar-refractivity contribution in [3.8, 4) is 0 Å². The Hall–Kier alpha value is -2.13. The average molecular weight is 563 g/mol. The van der Waals surface area contributed by atoms with Crippen LogP contribution in [0.25, 0.3) is 10.8 Å². The molecule has 0 heterocycles. The molecule has 41 heavy (non-hydrogen) atoms. The zero-order valence-corrected chi connectivity index (χ0v) is 26.5. The van der Waals surface area contributed by atoms with Gasteiger partial charge in [-0.25, -0.2) is 4.79 Å². The van der Waals surface area contributed by atoms with E-state index in [1.54, 1.807) is 5.56 Å². The molecule has 4 unspecified atom stereocenters. The van der Waals surface area contributed by atoms with Crippen molar-refractivity contribution in [1.82, 2.24) is 0 Å². The lowest BCUT2D eigenvalue weighted by molar-refractivity contribution is -0.132. The largest absolute Gasteiger partial charge is 0.478 e. The molecule has 0 aliphatic heterocycles. The van der Waals surface area contributed by atoms with Crippen molar-refractivity contribution in [2.75, 3.05) is 6.61 Å². The molecule has 2 aromatic carbocycles. The monoisotopic (exact) mass is 562 g/mol. The van der Waals surface area contributed by atoms with Gasteiger partial charge in [-0.3, -0.25) is 0 Å². The second-order valence-electron chi connectivity index (χ2n) is 13.2. The summed E-state index contributed by atoms with van der Waals surface area (Å²) in [6.45, 7) is 12.0. The fourth-order valence-electron chi connectivity index (χ4n) is 7.92. The van der Waals surface area contributed by atoms with Crippen LogP contribution in [-0.2, 0) is 11.2 Å². The van der Waals surface area contributed by atoms with Crippen molar-refractivity contribution in [1.29, 1.82) is 0 Å². The maximum atomic E-state index is 9.60. The Morgan fingerprint density at radius 1 is 0.927 bits per heavy atom. The molecule has 3 nitrogen and oxygen atoms in total. The normalized spacial score (nSPS) is 25.2. The number of carbonyl (C=O) groups is 1. The van der Waals surface area contributed by atoms with E-state index in [1.165, 1.54) is 107 Å². The molecule has 4 atom stereocenters. The average Bonchev–Trinajstić information content (AvgIpc) is 2.99. The van der Waals surface area contributed by atoms with E-state index in [1.807, 2.05) is 0 Å². The van der Waals surface area contributed by atoms with Crippen LogP contribution in [0.5, 0.6) is 0 Å². The number of fused-ring (bicyclic) bond motifs is 1. The Bertz CT molecular complexity index is 1070. The van der Waals surface area contributed by atoms with Crippen LogP contribution in [0.3, 0.4) is 0 Å². The molecule has 0 bridgehead atoms. The zero-order valence-electron chi connectivity index (χ0n) is 26.5. The molecular formula is C38H58O3. The maximum Gasteiger partial charge on any atom is 0.330 e. The van der Waals surface area contributed by atoms with E-state index in [2.05, 4.69) is 63.7 Å². The fraction of sp³-hybridized carbons (Fsp3) is 0.658. The third-order valence-corrected chi connectivity index (χ3v) is 10.5. The third-order valence-electron chi connectivity index (χ3n) is 10.5. The SMILES string of the molecule is C=C(C)C(=O)O.CCCCCc1ccc2cc(C3CCC(C4CCC(C(CC)CCO)CC4)CC3CC)ccc2c1. The van der Waals surface area contributed by atoms with Gasteiger partial charge in [0.15, 0.2) is 0 Å². The number of hydrogen-bond donors (Lipinski definition) is 2. The molecule has 2 aliphatic carbocycles. The van der Waals surface area contributed by atoms with Gasteiger partial charge >= 0.3 is 5.97 Å². The maximum absolute atomic E-state index is 9.60. The zero-order chi connectivity index (χ0) is 29.8. The van der Waals surface area contributed by atoms with E-state index in [-0.39, 0.29) is 5.57 Å². The van der Waals surface area contributed by atoms with Gasteiger partial charge in [-0.1, -0.05) is 89.4 Å². The molecule has 0 aromatic heterocycles. The molecule has 0 spiro atoms. The van der Waals surface area contributed by atoms with Crippen molar-refractivity contribution in [2.24, 2.45) is 29.6 Å². The van der Waals surface area contributed by atoms with Crippen LogP contribution >= 0.6 is 0 Å². The molecule has 3 heteroatoms. The molecule has 2 aromatic rings. The van der Waals surface area contributed by atoms with Gasteiger partial charge in [0.1, 0.15) is 0 Å². The summed E-state index contributed by atoms with van der Waals surface area (Å²) in [6.07, 6.45) is 18.7. The number of aryl methyl sites for hydroxylation is 1. The molecule has 4 rings (SSSR count). The van der Waals surface area contributed by atoms with Gasteiger partial charge in [-0.05, 0) is 129 Å². The number of unbranched alkanes of at least 4 members (excludes halogenated alkanes) is 2. The van der Waals surface area contributed by atoms with E-state index >= 15 is 0 Å². The molecule has 0 amide bonds. The minimum atomic E-state index is -0.935. The highest BCUT2D eigenvalue weighted by molar-refractivity contribution is 5.85. The highest BCUT2D eigenvalue weighted by atomic mass is 16.4. The van der Waals surface area contributed by atoms with Crippen molar-refractivity contribution in [2.45, 2.75) is 124 Å². The van der Waals surface area contributed by atoms with Gasteiger partial charge in [0.25, 0.3) is 0 Å². The molecular weight excluding hydrogens is 504 g/mol.